The molecule has 0 unspecified atom stereocenters. The molecule has 7 heteroatoms. The Morgan fingerprint density at radius 1 is 1.05 bits per heavy atom. The molecule has 0 aliphatic carbocycles. The molecule has 1 N–H and O–H groups in total. The molecule has 3 heterocycles. The van der Waals surface area contributed by atoms with E-state index in [0.717, 1.165) is 25.9 Å². The van der Waals surface area contributed by atoms with Gasteiger partial charge in [0, 0.05) is 25.7 Å². The van der Waals surface area contributed by atoms with E-state index in [1.165, 1.54) is 32.5 Å². The molecule has 0 aromatic rings. The molecule has 3 rings (SSSR count). The fourth-order valence-electron chi connectivity index (χ4n) is 3.82. The minimum absolute atomic E-state index is 0.0817. The van der Waals surface area contributed by atoms with Crippen LogP contribution < -0.4 is 5.32 Å². The molecule has 6 nitrogen and oxygen atoms in total. The van der Waals surface area contributed by atoms with Crippen molar-refractivity contribution in [1.29, 1.82) is 0 Å². The lowest BCUT2D eigenvalue weighted by Gasteiger charge is -2.34. The van der Waals surface area contributed by atoms with Gasteiger partial charge in [0.05, 0.1) is 11.5 Å². The van der Waals surface area contributed by atoms with Gasteiger partial charge in [-0.2, -0.15) is 0 Å². The van der Waals surface area contributed by atoms with Gasteiger partial charge in [-0.05, 0) is 51.1 Å². The number of sulfone groups is 1. The van der Waals surface area contributed by atoms with E-state index in [9.17, 15) is 13.2 Å². The maximum Gasteiger partial charge on any atom is 0.317 e. The summed E-state index contributed by atoms with van der Waals surface area (Å²) in [5.74, 6) is 1.01. The summed E-state index contributed by atoms with van der Waals surface area (Å²) in [7, 11) is -2.93. The standard InChI is InChI=1S/C15H27N3O3S/c19-15(16-14-5-10-22(20,21)12-14)18-8-3-13(4-9-18)11-17-6-1-2-7-17/h13-14H,1-12H2,(H,16,19)/t14-/m1/s1. The van der Waals surface area contributed by atoms with Crippen LogP contribution in [0.1, 0.15) is 32.1 Å². The molecule has 3 aliphatic heterocycles. The molecule has 0 saturated carbocycles. The van der Waals surface area contributed by atoms with Gasteiger partial charge in [0.1, 0.15) is 0 Å². The van der Waals surface area contributed by atoms with Gasteiger partial charge in [0.15, 0.2) is 9.84 Å². The molecule has 22 heavy (non-hydrogen) atoms. The largest absolute Gasteiger partial charge is 0.334 e. The fourth-order valence-corrected chi connectivity index (χ4v) is 5.50. The highest BCUT2D eigenvalue weighted by atomic mass is 32.2. The number of carbonyl (C=O) groups excluding carboxylic acids is 1. The Bertz CT molecular complexity index is 494. The molecule has 2 amide bonds. The van der Waals surface area contributed by atoms with Crippen LogP contribution in [0, 0.1) is 5.92 Å². The van der Waals surface area contributed by atoms with Gasteiger partial charge in [-0.15, -0.1) is 0 Å². The van der Waals surface area contributed by atoms with Gasteiger partial charge in [0.2, 0.25) is 0 Å². The smallest absolute Gasteiger partial charge is 0.317 e. The van der Waals surface area contributed by atoms with Crippen molar-refractivity contribution in [1.82, 2.24) is 15.1 Å². The van der Waals surface area contributed by atoms with Crippen LogP contribution in [0.3, 0.4) is 0 Å². The Hall–Kier alpha value is -0.820. The lowest BCUT2D eigenvalue weighted by molar-refractivity contribution is 0.152. The van der Waals surface area contributed by atoms with Gasteiger partial charge in [-0.25, -0.2) is 13.2 Å². The molecule has 0 spiro atoms. The van der Waals surface area contributed by atoms with Crippen LogP contribution in [0.4, 0.5) is 4.79 Å². The molecule has 0 bridgehead atoms. The second-order valence-corrected chi connectivity index (χ2v) is 9.22. The highest BCUT2D eigenvalue weighted by Gasteiger charge is 2.31. The first kappa shape index (κ1) is 16.1. The van der Waals surface area contributed by atoms with Gasteiger partial charge in [-0.3, -0.25) is 0 Å². The van der Waals surface area contributed by atoms with Crippen LogP contribution in [-0.2, 0) is 9.84 Å². The summed E-state index contributed by atoms with van der Waals surface area (Å²) in [5, 5.41) is 2.89. The highest BCUT2D eigenvalue weighted by molar-refractivity contribution is 7.91. The van der Waals surface area contributed by atoms with Crippen LogP contribution in [0.15, 0.2) is 0 Å². The summed E-state index contributed by atoms with van der Waals surface area (Å²) in [6.07, 6.45) is 5.33. The zero-order valence-corrected chi connectivity index (χ0v) is 14.0. The average Bonchev–Trinajstić information content (AvgIpc) is 3.09. The number of piperidine rings is 1. The molecule has 0 aromatic carbocycles. The fraction of sp³-hybridized carbons (Fsp3) is 0.933. The van der Waals surface area contributed by atoms with Gasteiger partial charge < -0.3 is 15.1 Å². The molecule has 126 valence electrons. The lowest BCUT2D eigenvalue weighted by atomic mass is 9.96. The van der Waals surface area contributed by atoms with Crippen molar-refractivity contribution in [3.05, 3.63) is 0 Å². The third-order valence-corrected chi connectivity index (χ3v) is 6.94. The number of hydrogen-bond acceptors (Lipinski definition) is 4. The summed E-state index contributed by atoms with van der Waals surface area (Å²) >= 11 is 0. The van der Waals surface area contributed by atoms with E-state index in [1.807, 2.05) is 4.90 Å². The number of nitrogens with one attached hydrogen (secondary N) is 1. The van der Waals surface area contributed by atoms with Crippen LogP contribution in [0.2, 0.25) is 0 Å². The molecule has 0 aromatic heterocycles. The third kappa shape index (κ3) is 4.13. The number of likely N-dealkylation sites (tertiary alicyclic amines) is 2. The maximum absolute atomic E-state index is 12.2. The van der Waals surface area contributed by atoms with Crippen LogP contribution in [0.5, 0.6) is 0 Å². The minimum atomic E-state index is -2.93. The number of nitrogens with zero attached hydrogens (tertiary/aromatic N) is 2. The number of urea groups is 1. The van der Waals surface area contributed by atoms with Crippen LogP contribution >= 0.6 is 0 Å². The van der Waals surface area contributed by atoms with Crippen molar-refractivity contribution >= 4 is 15.9 Å². The zero-order valence-electron chi connectivity index (χ0n) is 13.2. The van der Waals surface area contributed by atoms with E-state index in [2.05, 4.69) is 10.2 Å². The van der Waals surface area contributed by atoms with Crippen molar-refractivity contribution in [2.24, 2.45) is 5.92 Å². The van der Waals surface area contributed by atoms with E-state index in [-0.39, 0.29) is 23.6 Å². The second kappa shape index (κ2) is 6.74. The van der Waals surface area contributed by atoms with E-state index in [4.69, 9.17) is 0 Å². The first-order valence-corrected chi connectivity index (χ1v) is 10.3. The average molecular weight is 329 g/mol. The van der Waals surface area contributed by atoms with Crippen molar-refractivity contribution in [2.75, 3.05) is 44.2 Å². The van der Waals surface area contributed by atoms with Crippen molar-refractivity contribution in [2.45, 2.75) is 38.1 Å². The number of rotatable bonds is 3. The molecule has 3 aliphatic rings. The Kier molecular flexibility index (Phi) is 4.92. The Balaban J connectivity index is 1.40. The molecule has 1 atom stereocenters. The number of amides is 2. The topological polar surface area (TPSA) is 69.7 Å². The summed E-state index contributed by atoms with van der Waals surface area (Å²) < 4.78 is 22.9. The van der Waals surface area contributed by atoms with E-state index in [0.29, 0.717) is 12.3 Å². The van der Waals surface area contributed by atoms with Gasteiger partial charge in [-0.1, -0.05) is 0 Å². The minimum Gasteiger partial charge on any atom is -0.334 e. The van der Waals surface area contributed by atoms with Gasteiger partial charge in [0.25, 0.3) is 0 Å². The van der Waals surface area contributed by atoms with E-state index in [1.54, 1.807) is 0 Å². The van der Waals surface area contributed by atoms with Crippen molar-refractivity contribution in [3.8, 4) is 0 Å². The normalized spacial score (nSPS) is 29.8. The Morgan fingerprint density at radius 3 is 2.32 bits per heavy atom. The summed E-state index contributed by atoms with van der Waals surface area (Å²) in [6, 6.07) is -0.276. The van der Waals surface area contributed by atoms with E-state index >= 15 is 0 Å². The monoisotopic (exact) mass is 329 g/mol. The number of carbonyl (C=O) groups is 1. The SMILES string of the molecule is O=C(N[C@@H]1CCS(=O)(=O)C1)N1CCC(CN2CCCC2)CC1. The summed E-state index contributed by atoms with van der Waals surface area (Å²) in [4.78, 5) is 16.6. The van der Waals surface area contributed by atoms with Crippen LogP contribution in [0.25, 0.3) is 0 Å². The number of hydrogen-bond donors (Lipinski definition) is 1. The lowest BCUT2D eigenvalue weighted by Crippen LogP contribution is -2.49. The van der Waals surface area contributed by atoms with Crippen LogP contribution in [-0.4, -0.2) is 74.5 Å². The summed E-state index contributed by atoms with van der Waals surface area (Å²) in [5.41, 5.74) is 0. The maximum atomic E-state index is 12.2. The summed E-state index contributed by atoms with van der Waals surface area (Å²) in [6.45, 7) is 5.23. The van der Waals surface area contributed by atoms with E-state index < -0.39 is 9.84 Å². The quantitative estimate of drug-likeness (QED) is 0.827. The Labute approximate surface area is 133 Å². The van der Waals surface area contributed by atoms with Gasteiger partial charge >= 0.3 is 6.03 Å². The molecular formula is C15H27N3O3S. The molecule has 0 radical (unpaired) electrons. The zero-order chi connectivity index (χ0) is 15.6. The Morgan fingerprint density at radius 2 is 1.73 bits per heavy atom. The predicted molar refractivity (Wildman–Crippen MR) is 85.6 cm³/mol. The first-order valence-electron chi connectivity index (χ1n) is 8.50. The highest BCUT2D eigenvalue weighted by Crippen LogP contribution is 2.21. The molecular weight excluding hydrogens is 302 g/mol. The third-order valence-electron chi connectivity index (χ3n) is 5.18. The van der Waals surface area contributed by atoms with Crippen molar-refractivity contribution in [3.63, 3.8) is 0 Å². The second-order valence-electron chi connectivity index (χ2n) is 6.99. The van der Waals surface area contributed by atoms with Crippen molar-refractivity contribution < 1.29 is 13.2 Å². The molecule has 3 fully saturated rings. The first-order chi connectivity index (χ1) is 10.5. The molecule has 3 saturated heterocycles. The predicted octanol–water partition coefficient (Wildman–Crippen LogP) is 0.691.